The van der Waals surface area contributed by atoms with Crippen molar-refractivity contribution in [3.63, 3.8) is 0 Å². The average Bonchev–Trinajstić information content (AvgIpc) is 3.43. The first-order chi connectivity index (χ1) is 12.6. The van der Waals surface area contributed by atoms with Gasteiger partial charge in [-0.3, -0.25) is 14.9 Å². The Bertz CT molecular complexity index is 702. The Labute approximate surface area is 154 Å². The fraction of sp³-hybridized carbons (Fsp3) is 0.556. The fourth-order valence-electron chi connectivity index (χ4n) is 3.20. The van der Waals surface area contributed by atoms with Crippen molar-refractivity contribution in [3.8, 4) is 0 Å². The van der Waals surface area contributed by atoms with Gasteiger partial charge in [-0.05, 0) is 43.4 Å². The zero-order chi connectivity index (χ0) is 19.8. The van der Waals surface area contributed by atoms with Crippen LogP contribution < -0.4 is 16.0 Å². The molecule has 0 aromatic heterocycles. The molecule has 1 saturated carbocycles. The number of carbonyl (C=O) groups excluding carboxylic acids is 2. The van der Waals surface area contributed by atoms with Crippen LogP contribution in [0, 0.1) is 5.92 Å². The number of carbonyl (C=O) groups is 2. The Balaban J connectivity index is 1.70. The Hall–Kier alpha value is -2.13. The van der Waals surface area contributed by atoms with E-state index in [9.17, 15) is 27.9 Å². The Morgan fingerprint density at radius 2 is 1.89 bits per heavy atom. The summed E-state index contributed by atoms with van der Waals surface area (Å²) < 4.78 is 38.1. The van der Waals surface area contributed by atoms with Gasteiger partial charge in [0.15, 0.2) is 0 Å². The molecule has 3 rings (SSSR count). The van der Waals surface area contributed by atoms with Gasteiger partial charge >= 0.3 is 6.18 Å². The van der Waals surface area contributed by atoms with Crippen LogP contribution in [0.5, 0.6) is 0 Å². The summed E-state index contributed by atoms with van der Waals surface area (Å²) in [5, 5.41) is 18.6. The summed E-state index contributed by atoms with van der Waals surface area (Å²) in [6, 6.07) is 2.65. The maximum absolute atomic E-state index is 12.7. The maximum Gasteiger partial charge on any atom is 0.416 e. The topological polar surface area (TPSA) is 90.5 Å². The molecule has 0 radical (unpaired) electrons. The first-order valence-corrected chi connectivity index (χ1v) is 8.86. The summed E-state index contributed by atoms with van der Waals surface area (Å²) in [7, 11) is 0. The maximum atomic E-state index is 12.7. The molecule has 2 amide bonds. The second-order valence-corrected chi connectivity index (χ2v) is 7.15. The highest BCUT2D eigenvalue weighted by atomic mass is 19.4. The number of nitrogens with one attached hydrogen (secondary N) is 3. The molecule has 6 nitrogen and oxygen atoms in total. The summed E-state index contributed by atoms with van der Waals surface area (Å²) in [6.45, 7) is 1.44. The molecule has 2 unspecified atom stereocenters. The summed E-state index contributed by atoms with van der Waals surface area (Å²) in [5.41, 5.74) is -0.454. The number of hydrogen-bond acceptors (Lipinski definition) is 4. The second-order valence-electron chi connectivity index (χ2n) is 7.15. The van der Waals surface area contributed by atoms with Gasteiger partial charge < -0.3 is 15.7 Å². The number of aliphatic hydroxyl groups excluding tert-OH is 1. The molecule has 1 saturated heterocycles. The molecule has 1 aliphatic heterocycles. The minimum absolute atomic E-state index is 0.0331. The average molecular weight is 385 g/mol. The van der Waals surface area contributed by atoms with Crippen molar-refractivity contribution < 1.29 is 27.9 Å². The lowest BCUT2D eigenvalue weighted by molar-refractivity contribution is -0.137. The lowest BCUT2D eigenvalue weighted by Crippen LogP contribution is -2.62. The molecular formula is C18H22F3N3O3. The highest BCUT2D eigenvalue weighted by molar-refractivity contribution is 5.89. The van der Waals surface area contributed by atoms with Crippen LogP contribution in [0.1, 0.15) is 43.4 Å². The van der Waals surface area contributed by atoms with Gasteiger partial charge in [0.2, 0.25) is 11.8 Å². The monoisotopic (exact) mass is 385 g/mol. The largest absolute Gasteiger partial charge is 0.416 e. The minimum Gasteiger partial charge on any atom is -0.391 e. The summed E-state index contributed by atoms with van der Waals surface area (Å²) in [4.78, 5) is 24.5. The van der Waals surface area contributed by atoms with Crippen LogP contribution in [-0.4, -0.2) is 35.2 Å². The smallest absolute Gasteiger partial charge is 0.391 e. The lowest BCUT2D eigenvalue weighted by Gasteiger charge is -2.32. The highest BCUT2D eigenvalue weighted by Crippen LogP contribution is 2.33. The van der Waals surface area contributed by atoms with Crippen molar-refractivity contribution in [2.45, 2.75) is 56.7 Å². The molecule has 148 valence electrons. The molecule has 1 aromatic rings. The Kier molecular flexibility index (Phi) is 5.43. The normalized spacial score (nSPS) is 25.4. The molecule has 4 atom stereocenters. The number of alkyl halides is 3. The predicted molar refractivity (Wildman–Crippen MR) is 90.2 cm³/mol. The lowest BCUT2D eigenvalue weighted by atomic mass is 9.99. The third-order valence-electron chi connectivity index (χ3n) is 4.87. The predicted octanol–water partition coefficient (Wildman–Crippen LogP) is 1.46. The Morgan fingerprint density at radius 1 is 1.26 bits per heavy atom. The van der Waals surface area contributed by atoms with Crippen LogP contribution >= 0.6 is 0 Å². The molecular weight excluding hydrogens is 363 g/mol. The Morgan fingerprint density at radius 3 is 2.41 bits per heavy atom. The highest BCUT2D eigenvalue weighted by Gasteiger charge is 2.39. The molecule has 9 heteroatoms. The summed E-state index contributed by atoms with van der Waals surface area (Å²) in [6.07, 6.45) is -3.81. The molecule has 2 aliphatic rings. The van der Waals surface area contributed by atoms with Gasteiger partial charge in [0.25, 0.3) is 0 Å². The van der Waals surface area contributed by atoms with Crippen LogP contribution in [0.4, 0.5) is 13.2 Å². The van der Waals surface area contributed by atoms with E-state index in [0.717, 1.165) is 25.0 Å². The van der Waals surface area contributed by atoms with E-state index in [1.807, 2.05) is 0 Å². The van der Waals surface area contributed by atoms with Crippen molar-refractivity contribution in [2.75, 3.05) is 0 Å². The van der Waals surface area contributed by atoms with Crippen molar-refractivity contribution in [3.05, 3.63) is 35.4 Å². The zero-order valence-electron chi connectivity index (χ0n) is 14.7. The fourth-order valence-corrected chi connectivity index (χ4v) is 3.20. The summed E-state index contributed by atoms with van der Waals surface area (Å²) >= 11 is 0. The van der Waals surface area contributed by atoms with E-state index in [0.29, 0.717) is 11.5 Å². The number of halogens is 3. The quantitative estimate of drug-likeness (QED) is 0.618. The molecule has 4 N–H and O–H groups in total. The van der Waals surface area contributed by atoms with Crippen LogP contribution in [0.15, 0.2) is 24.3 Å². The number of benzene rings is 1. The number of hydrogen-bond donors (Lipinski definition) is 4. The van der Waals surface area contributed by atoms with Gasteiger partial charge in [-0.15, -0.1) is 0 Å². The van der Waals surface area contributed by atoms with Gasteiger partial charge in [0.1, 0.15) is 0 Å². The van der Waals surface area contributed by atoms with E-state index >= 15 is 0 Å². The van der Waals surface area contributed by atoms with E-state index in [2.05, 4.69) is 16.0 Å². The van der Waals surface area contributed by atoms with E-state index < -0.39 is 35.8 Å². The number of amides is 2. The van der Waals surface area contributed by atoms with Crippen molar-refractivity contribution in [2.24, 2.45) is 5.92 Å². The first kappa shape index (κ1) is 19.6. The summed E-state index contributed by atoms with van der Waals surface area (Å²) in [5.74, 6) is -0.387. The van der Waals surface area contributed by atoms with Crippen molar-refractivity contribution >= 4 is 11.8 Å². The SMILES string of the molecule is C[C@H](O)[C@@H](NC(=O)C1CC(=O)NC(C2CC2)N1)c1ccc(C(F)(F)F)cc1. The number of aliphatic hydroxyl groups is 1. The standard InChI is InChI=1S/C18H22F3N3O3/c1-9(25)15(10-4-6-12(7-5-10)18(19,20)21)24-17(27)13-8-14(26)23-16(22-13)11-2-3-11/h4-7,9,11,13,15-16,22,25H,2-3,8H2,1H3,(H,23,26)(H,24,27)/t9-,13?,15+,16?/m0/s1. The van der Waals surface area contributed by atoms with Gasteiger partial charge in [-0.2, -0.15) is 13.2 Å². The van der Waals surface area contributed by atoms with Crippen LogP contribution in [0.25, 0.3) is 0 Å². The second kappa shape index (κ2) is 7.47. The third-order valence-corrected chi connectivity index (χ3v) is 4.87. The van der Waals surface area contributed by atoms with Crippen LogP contribution in [0.3, 0.4) is 0 Å². The molecule has 1 aliphatic carbocycles. The molecule has 0 bridgehead atoms. The third kappa shape index (κ3) is 4.78. The van der Waals surface area contributed by atoms with E-state index in [1.54, 1.807) is 0 Å². The van der Waals surface area contributed by atoms with Gasteiger partial charge in [-0.25, -0.2) is 0 Å². The zero-order valence-corrected chi connectivity index (χ0v) is 14.7. The van der Waals surface area contributed by atoms with Crippen LogP contribution in [-0.2, 0) is 15.8 Å². The van der Waals surface area contributed by atoms with E-state index in [-0.39, 0.29) is 18.5 Å². The van der Waals surface area contributed by atoms with E-state index in [1.165, 1.54) is 19.1 Å². The molecule has 0 spiro atoms. The first-order valence-electron chi connectivity index (χ1n) is 8.86. The number of rotatable bonds is 5. The molecule has 1 heterocycles. The molecule has 27 heavy (non-hydrogen) atoms. The van der Waals surface area contributed by atoms with Crippen molar-refractivity contribution in [1.82, 2.24) is 16.0 Å². The van der Waals surface area contributed by atoms with E-state index in [4.69, 9.17) is 0 Å². The van der Waals surface area contributed by atoms with Gasteiger partial charge in [-0.1, -0.05) is 12.1 Å². The van der Waals surface area contributed by atoms with Gasteiger partial charge in [0, 0.05) is 0 Å². The molecule has 1 aromatic carbocycles. The van der Waals surface area contributed by atoms with Crippen LogP contribution in [0.2, 0.25) is 0 Å². The minimum atomic E-state index is -4.46. The van der Waals surface area contributed by atoms with Crippen molar-refractivity contribution in [1.29, 1.82) is 0 Å². The molecule has 2 fully saturated rings. The van der Waals surface area contributed by atoms with Gasteiger partial charge in [0.05, 0.1) is 36.3 Å².